The summed E-state index contributed by atoms with van der Waals surface area (Å²) in [5.74, 6) is -1.47. The quantitative estimate of drug-likeness (QED) is 0.0648. The maximum atomic E-state index is 12.6. The Morgan fingerprint density at radius 1 is 0.936 bits per heavy atom. The van der Waals surface area contributed by atoms with Gasteiger partial charge < -0.3 is 24.4 Å². The zero-order valence-corrected chi connectivity index (χ0v) is 25.4. The summed E-state index contributed by atoms with van der Waals surface area (Å²) in [6, 6.07) is 17.6. The summed E-state index contributed by atoms with van der Waals surface area (Å²) in [6.07, 6.45) is -7.19. The molecule has 3 aromatic carbocycles. The van der Waals surface area contributed by atoms with E-state index in [2.05, 4.69) is 21.4 Å². The largest absolute Gasteiger partial charge is 0.573 e. The van der Waals surface area contributed by atoms with Gasteiger partial charge in [-0.1, -0.05) is 56.0 Å². The topological polar surface area (TPSA) is 97.2 Å². The average molecular weight is 666 g/mol. The van der Waals surface area contributed by atoms with Gasteiger partial charge in [-0.15, -0.1) is 26.3 Å². The van der Waals surface area contributed by atoms with Crippen molar-refractivity contribution < 1.29 is 55.6 Å². The Balaban J connectivity index is 1.89. The Kier molecular flexibility index (Phi) is 12.6. The molecule has 0 saturated heterocycles. The Hall–Kier alpha value is -4.75. The van der Waals surface area contributed by atoms with Gasteiger partial charge in [0.25, 0.3) is 0 Å². The first-order chi connectivity index (χ1) is 22.0. The number of rotatable bonds is 15. The highest BCUT2D eigenvalue weighted by atomic mass is 19.4. The summed E-state index contributed by atoms with van der Waals surface area (Å²) in [7, 11) is 0. The molecule has 0 aliphatic heterocycles. The van der Waals surface area contributed by atoms with Gasteiger partial charge in [0.15, 0.2) is 0 Å². The van der Waals surface area contributed by atoms with Crippen molar-refractivity contribution in [3.05, 3.63) is 120 Å². The number of hydrogen-bond acceptors (Lipinski definition) is 6. The van der Waals surface area contributed by atoms with Gasteiger partial charge in [0.1, 0.15) is 29.2 Å². The summed E-state index contributed by atoms with van der Waals surface area (Å²) in [5, 5.41) is 21.8. The summed E-state index contributed by atoms with van der Waals surface area (Å²) in [5.41, 5.74) is 3.39. The molecular weight excluding hydrogens is 632 g/mol. The molecule has 0 amide bonds. The van der Waals surface area contributed by atoms with Crippen molar-refractivity contribution in [2.45, 2.75) is 51.6 Å². The van der Waals surface area contributed by atoms with Crippen LogP contribution in [-0.4, -0.2) is 35.5 Å². The van der Waals surface area contributed by atoms with Crippen molar-refractivity contribution in [2.75, 3.05) is 6.54 Å². The Labute approximate surface area is 267 Å². The number of hydrogen-bond donors (Lipinski definition) is 3. The van der Waals surface area contributed by atoms with E-state index < -0.39 is 30.7 Å². The summed E-state index contributed by atoms with van der Waals surface area (Å²) in [4.78, 5) is 10.7. The van der Waals surface area contributed by atoms with Crippen molar-refractivity contribution in [1.29, 1.82) is 0 Å². The SMILES string of the molecule is C=C/C(=C\C=C(/C)Oc1ccc(-c2ccc(OC(F)(F)F)cc2)cc1C(C)Cc1ccc(C(O)NCCC(=O)O)cc1)OC(F)(F)F. The van der Waals surface area contributed by atoms with E-state index >= 15 is 0 Å². The monoisotopic (exact) mass is 665 g/mol. The number of alkyl halides is 6. The first-order valence-electron chi connectivity index (χ1n) is 14.2. The molecule has 252 valence electrons. The molecule has 0 radical (unpaired) electrons. The van der Waals surface area contributed by atoms with Gasteiger partial charge >= 0.3 is 18.7 Å². The predicted octanol–water partition coefficient (Wildman–Crippen LogP) is 8.54. The number of halogens is 6. The molecule has 0 spiro atoms. The van der Waals surface area contributed by atoms with Gasteiger partial charge in [0, 0.05) is 6.54 Å². The third kappa shape index (κ3) is 12.5. The second-order valence-corrected chi connectivity index (χ2v) is 10.4. The fraction of sp³-hybridized carbons (Fsp3) is 0.265. The minimum atomic E-state index is -4.90. The molecule has 0 fully saturated rings. The van der Waals surface area contributed by atoms with Gasteiger partial charge in [-0.25, -0.2) is 0 Å². The van der Waals surface area contributed by atoms with Crippen LogP contribution in [0.4, 0.5) is 26.3 Å². The Bertz CT molecular complexity index is 1560. The Morgan fingerprint density at radius 3 is 2.15 bits per heavy atom. The standard InChI is InChI=1S/C34H33F6NO6/c1-4-27(46-33(35,36)37)13-5-22(3)45-30-16-12-26(24-10-14-28(15-11-24)47-34(38,39)40)20-29(30)21(2)19-23-6-8-25(9-7-23)32(44)41-18-17-31(42)43/h4-16,20-21,32,41,44H,1,17-19H2,2-3H3,(H,42,43)/b22-5+,27-13+. The van der Waals surface area contributed by atoms with Crippen molar-refractivity contribution in [3.63, 3.8) is 0 Å². The number of nitrogens with one attached hydrogen (secondary N) is 1. The van der Waals surface area contributed by atoms with Crippen LogP contribution in [0, 0.1) is 0 Å². The van der Waals surface area contributed by atoms with Crippen LogP contribution in [0.2, 0.25) is 0 Å². The zero-order chi connectivity index (χ0) is 34.8. The van der Waals surface area contributed by atoms with Crippen LogP contribution in [0.5, 0.6) is 11.5 Å². The van der Waals surface area contributed by atoms with E-state index in [4.69, 9.17) is 9.84 Å². The highest BCUT2D eigenvalue weighted by Crippen LogP contribution is 2.36. The van der Waals surface area contributed by atoms with Crippen LogP contribution >= 0.6 is 0 Å². The number of aliphatic carboxylic acids is 1. The number of allylic oxidation sites excluding steroid dienone is 4. The van der Waals surface area contributed by atoms with E-state index in [0.29, 0.717) is 34.4 Å². The maximum Gasteiger partial charge on any atom is 0.573 e. The summed E-state index contributed by atoms with van der Waals surface area (Å²) < 4.78 is 89.7. The molecule has 0 bridgehead atoms. The maximum absolute atomic E-state index is 12.6. The van der Waals surface area contributed by atoms with Gasteiger partial charge in [0.2, 0.25) is 0 Å². The predicted molar refractivity (Wildman–Crippen MR) is 162 cm³/mol. The van der Waals surface area contributed by atoms with Crippen LogP contribution in [-0.2, 0) is 16.0 Å². The third-order valence-electron chi connectivity index (χ3n) is 6.66. The number of aliphatic hydroxyl groups is 1. The molecule has 0 aliphatic rings. The van der Waals surface area contributed by atoms with Crippen molar-refractivity contribution in [1.82, 2.24) is 5.32 Å². The number of ether oxygens (including phenoxy) is 3. The highest BCUT2D eigenvalue weighted by molar-refractivity contribution is 5.67. The van der Waals surface area contributed by atoms with E-state index in [1.54, 1.807) is 31.2 Å². The van der Waals surface area contributed by atoms with Crippen molar-refractivity contribution >= 4 is 5.97 Å². The molecule has 3 N–H and O–H groups in total. The molecule has 0 heterocycles. The molecule has 3 aromatic rings. The first-order valence-corrected chi connectivity index (χ1v) is 14.2. The number of benzene rings is 3. The highest BCUT2D eigenvalue weighted by Gasteiger charge is 2.32. The van der Waals surface area contributed by atoms with E-state index in [1.807, 2.05) is 25.1 Å². The van der Waals surface area contributed by atoms with Gasteiger partial charge in [-0.3, -0.25) is 10.1 Å². The molecule has 0 aliphatic carbocycles. The van der Waals surface area contributed by atoms with Crippen molar-refractivity contribution in [3.8, 4) is 22.6 Å². The fourth-order valence-corrected chi connectivity index (χ4v) is 4.47. The normalized spacial score (nSPS) is 13.9. The molecule has 0 aromatic heterocycles. The van der Waals surface area contributed by atoms with E-state index in [0.717, 1.165) is 17.7 Å². The smallest absolute Gasteiger partial charge is 0.481 e. The number of aliphatic hydroxyl groups excluding tert-OH is 1. The Morgan fingerprint density at radius 2 is 1.57 bits per heavy atom. The number of carboxylic acid groups (broad SMARTS) is 1. The number of carbonyl (C=O) groups is 1. The summed E-state index contributed by atoms with van der Waals surface area (Å²) in [6.45, 7) is 6.87. The minimum Gasteiger partial charge on any atom is -0.481 e. The van der Waals surface area contributed by atoms with Crippen LogP contribution in [0.15, 0.2) is 103 Å². The lowest BCUT2D eigenvalue weighted by Crippen LogP contribution is -2.23. The van der Waals surface area contributed by atoms with E-state index in [1.165, 1.54) is 30.3 Å². The van der Waals surface area contributed by atoms with Gasteiger partial charge in [-0.05, 0) is 89.6 Å². The second kappa shape index (κ2) is 16.2. The molecule has 2 atom stereocenters. The third-order valence-corrected chi connectivity index (χ3v) is 6.66. The zero-order valence-electron chi connectivity index (χ0n) is 25.4. The van der Waals surface area contributed by atoms with Crippen molar-refractivity contribution in [2.24, 2.45) is 0 Å². The lowest BCUT2D eigenvalue weighted by molar-refractivity contribution is -0.303. The minimum absolute atomic E-state index is 0.0837. The molecule has 13 heteroatoms. The van der Waals surface area contributed by atoms with Gasteiger partial charge in [-0.2, -0.15) is 0 Å². The van der Waals surface area contributed by atoms with Crippen LogP contribution in [0.1, 0.15) is 49.1 Å². The molecular formula is C34H33F6NO6. The summed E-state index contributed by atoms with van der Waals surface area (Å²) >= 11 is 0. The van der Waals surface area contributed by atoms with E-state index in [9.17, 15) is 36.2 Å². The van der Waals surface area contributed by atoms with E-state index in [-0.39, 0.29) is 30.4 Å². The van der Waals surface area contributed by atoms with Crippen LogP contribution in [0.3, 0.4) is 0 Å². The average Bonchev–Trinajstić information content (AvgIpc) is 2.98. The van der Waals surface area contributed by atoms with Crippen LogP contribution in [0.25, 0.3) is 11.1 Å². The molecule has 7 nitrogen and oxygen atoms in total. The molecule has 2 unspecified atom stereocenters. The molecule has 47 heavy (non-hydrogen) atoms. The number of carboxylic acids is 1. The molecule has 0 saturated carbocycles. The molecule has 3 rings (SSSR count). The van der Waals surface area contributed by atoms with Gasteiger partial charge in [0.05, 0.1) is 6.42 Å². The van der Waals surface area contributed by atoms with Crippen LogP contribution < -0.4 is 14.8 Å². The first kappa shape index (κ1) is 36.7. The second-order valence-electron chi connectivity index (χ2n) is 10.4. The fourth-order valence-electron chi connectivity index (χ4n) is 4.47. The lowest BCUT2D eigenvalue weighted by atomic mass is 9.90. The lowest BCUT2D eigenvalue weighted by Gasteiger charge is -2.20.